The van der Waals surface area contributed by atoms with Crippen LogP contribution in [0.2, 0.25) is 0 Å². The lowest BCUT2D eigenvalue weighted by Gasteiger charge is -2.10. The lowest BCUT2D eigenvalue weighted by atomic mass is 10.1. The predicted molar refractivity (Wildman–Crippen MR) is 74.1 cm³/mol. The van der Waals surface area contributed by atoms with Crippen molar-refractivity contribution >= 4 is 11.8 Å². The molecule has 0 saturated carbocycles. The summed E-state index contributed by atoms with van der Waals surface area (Å²) in [5.74, 6) is 0.0132. The van der Waals surface area contributed by atoms with Gasteiger partial charge in [0.05, 0.1) is 20.3 Å². The van der Waals surface area contributed by atoms with Gasteiger partial charge >= 0.3 is 5.97 Å². The molecule has 0 saturated heterocycles. The number of hydrogen-bond donors (Lipinski definition) is 0. The number of aryl methyl sites for hydroxylation is 1. The highest BCUT2D eigenvalue weighted by atomic mass is 16.5. The second-order valence-corrected chi connectivity index (χ2v) is 4.56. The van der Waals surface area contributed by atoms with Crippen molar-refractivity contribution in [1.82, 2.24) is 0 Å². The molecule has 1 rings (SSSR count). The first-order valence-electron chi connectivity index (χ1n) is 6.42. The van der Waals surface area contributed by atoms with Crippen LogP contribution in [0.25, 0.3) is 0 Å². The fourth-order valence-electron chi connectivity index (χ4n) is 1.71. The molecule has 0 radical (unpaired) electrons. The van der Waals surface area contributed by atoms with Crippen LogP contribution in [0.1, 0.15) is 25.8 Å². The first-order chi connectivity index (χ1) is 9.47. The molecular formula is C15H20O5. The van der Waals surface area contributed by atoms with Gasteiger partial charge in [-0.15, -0.1) is 0 Å². The fourth-order valence-corrected chi connectivity index (χ4v) is 1.71. The van der Waals surface area contributed by atoms with Crippen molar-refractivity contribution in [2.24, 2.45) is 0 Å². The van der Waals surface area contributed by atoms with Crippen LogP contribution in [0.4, 0.5) is 0 Å². The van der Waals surface area contributed by atoms with Gasteiger partial charge in [-0.2, -0.15) is 0 Å². The van der Waals surface area contributed by atoms with Gasteiger partial charge < -0.3 is 14.2 Å². The van der Waals surface area contributed by atoms with Crippen LogP contribution in [-0.4, -0.2) is 32.1 Å². The summed E-state index contributed by atoms with van der Waals surface area (Å²) in [6.07, 6.45) is 0.180. The summed E-state index contributed by atoms with van der Waals surface area (Å²) >= 11 is 0. The number of methoxy groups -OCH3 is 2. The van der Waals surface area contributed by atoms with Crippen LogP contribution >= 0.6 is 0 Å². The lowest BCUT2D eigenvalue weighted by Crippen LogP contribution is -2.21. The third-order valence-electron chi connectivity index (χ3n) is 2.68. The highest BCUT2D eigenvalue weighted by molar-refractivity contribution is 6.33. The topological polar surface area (TPSA) is 61.8 Å². The van der Waals surface area contributed by atoms with E-state index in [1.54, 1.807) is 46.3 Å². The first-order valence-corrected chi connectivity index (χ1v) is 6.42. The van der Waals surface area contributed by atoms with Crippen LogP contribution in [-0.2, 0) is 20.7 Å². The van der Waals surface area contributed by atoms with Gasteiger partial charge in [-0.1, -0.05) is 0 Å². The minimum Gasteiger partial charge on any atom is -0.497 e. The highest BCUT2D eigenvalue weighted by Gasteiger charge is 2.17. The van der Waals surface area contributed by atoms with Gasteiger partial charge in [0, 0.05) is 6.42 Å². The van der Waals surface area contributed by atoms with E-state index >= 15 is 0 Å². The van der Waals surface area contributed by atoms with Crippen molar-refractivity contribution in [3.63, 3.8) is 0 Å². The zero-order valence-corrected chi connectivity index (χ0v) is 12.3. The Kier molecular flexibility index (Phi) is 6.03. The second-order valence-electron chi connectivity index (χ2n) is 4.56. The van der Waals surface area contributed by atoms with Gasteiger partial charge in [0.2, 0.25) is 5.78 Å². The molecule has 5 heteroatoms. The van der Waals surface area contributed by atoms with Crippen molar-refractivity contribution in [2.75, 3.05) is 14.2 Å². The molecule has 20 heavy (non-hydrogen) atoms. The Hall–Kier alpha value is -2.04. The smallest absolute Gasteiger partial charge is 0.374 e. The highest BCUT2D eigenvalue weighted by Crippen LogP contribution is 2.25. The van der Waals surface area contributed by atoms with Crippen LogP contribution in [0.3, 0.4) is 0 Å². The normalized spacial score (nSPS) is 10.2. The van der Waals surface area contributed by atoms with E-state index in [2.05, 4.69) is 0 Å². The quantitative estimate of drug-likeness (QED) is 0.566. The molecule has 0 aromatic heterocycles. The third-order valence-corrected chi connectivity index (χ3v) is 2.68. The Morgan fingerprint density at radius 3 is 2.40 bits per heavy atom. The van der Waals surface area contributed by atoms with E-state index < -0.39 is 11.8 Å². The van der Waals surface area contributed by atoms with Crippen molar-refractivity contribution in [3.8, 4) is 11.5 Å². The maximum atomic E-state index is 11.7. The van der Waals surface area contributed by atoms with Gasteiger partial charge in [-0.25, -0.2) is 4.79 Å². The average Bonchev–Trinajstić information content (AvgIpc) is 2.43. The number of hydrogen-bond acceptors (Lipinski definition) is 5. The van der Waals surface area contributed by atoms with Crippen molar-refractivity contribution < 1.29 is 23.8 Å². The van der Waals surface area contributed by atoms with E-state index in [1.807, 2.05) is 0 Å². The molecule has 1 aromatic rings. The summed E-state index contributed by atoms with van der Waals surface area (Å²) < 4.78 is 15.2. The largest absolute Gasteiger partial charge is 0.497 e. The molecule has 0 bridgehead atoms. The van der Waals surface area contributed by atoms with Gasteiger partial charge in [0.1, 0.15) is 11.5 Å². The molecule has 0 fully saturated rings. The number of carbonyl (C=O) groups is 2. The van der Waals surface area contributed by atoms with Crippen molar-refractivity contribution in [1.29, 1.82) is 0 Å². The summed E-state index contributed by atoms with van der Waals surface area (Å²) in [5.41, 5.74) is 0.817. The lowest BCUT2D eigenvalue weighted by molar-refractivity contribution is -0.156. The zero-order chi connectivity index (χ0) is 15.1. The summed E-state index contributed by atoms with van der Waals surface area (Å²) in [6, 6.07) is 5.34. The van der Waals surface area contributed by atoms with E-state index in [-0.39, 0.29) is 12.5 Å². The van der Waals surface area contributed by atoms with Crippen molar-refractivity contribution in [2.45, 2.75) is 32.8 Å². The number of benzene rings is 1. The molecule has 0 aliphatic carbocycles. The van der Waals surface area contributed by atoms with Crippen LogP contribution in [0.5, 0.6) is 11.5 Å². The monoisotopic (exact) mass is 280 g/mol. The Balaban J connectivity index is 2.69. The standard InChI is InChI=1S/C15H20O5/c1-10(2)20-15(17)13(16)7-5-11-9-12(18-3)6-8-14(11)19-4/h6,8-10H,5,7H2,1-4H3. The molecule has 0 N–H and O–H groups in total. The number of Topliss-reactive ketones (excluding diaryl/α,β-unsaturated/α-hetero) is 1. The van der Waals surface area contributed by atoms with Crippen LogP contribution < -0.4 is 9.47 Å². The van der Waals surface area contributed by atoms with Crippen molar-refractivity contribution in [3.05, 3.63) is 23.8 Å². The SMILES string of the molecule is COc1ccc(OC)c(CCC(=O)C(=O)OC(C)C)c1. The first kappa shape index (κ1) is 16.0. The second kappa shape index (κ2) is 7.53. The summed E-state index contributed by atoms with van der Waals surface area (Å²) in [4.78, 5) is 23.1. The third kappa shape index (κ3) is 4.57. The van der Waals surface area contributed by atoms with E-state index in [0.717, 1.165) is 5.56 Å². The predicted octanol–water partition coefficient (Wildman–Crippen LogP) is 2.16. The van der Waals surface area contributed by atoms with E-state index in [9.17, 15) is 9.59 Å². The Morgan fingerprint density at radius 2 is 1.85 bits per heavy atom. The summed E-state index contributed by atoms with van der Waals surface area (Å²) in [6.45, 7) is 3.41. The van der Waals surface area contributed by atoms with Gasteiger partial charge in [-0.3, -0.25) is 4.79 Å². The molecule has 0 atom stereocenters. The number of ether oxygens (including phenoxy) is 3. The maximum Gasteiger partial charge on any atom is 0.374 e. The molecule has 5 nitrogen and oxygen atoms in total. The molecule has 0 aliphatic rings. The number of esters is 1. The molecular weight excluding hydrogens is 260 g/mol. The Morgan fingerprint density at radius 1 is 1.15 bits per heavy atom. The molecule has 0 aliphatic heterocycles. The van der Waals surface area contributed by atoms with E-state index in [1.165, 1.54) is 0 Å². The summed E-state index contributed by atoms with van der Waals surface area (Å²) in [7, 11) is 3.12. The van der Waals surface area contributed by atoms with E-state index in [4.69, 9.17) is 14.2 Å². The molecule has 1 aromatic carbocycles. The number of carbonyl (C=O) groups excluding carboxylic acids is 2. The average molecular weight is 280 g/mol. The van der Waals surface area contributed by atoms with Gasteiger partial charge in [-0.05, 0) is 44.0 Å². The number of rotatable bonds is 7. The molecule has 0 amide bonds. The Labute approximate surface area is 118 Å². The minimum absolute atomic E-state index is 0.0785. The van der Waals surface area contributed by atoms with Crippen LogP contribution in [0.15, 0.2) is 18.2 Å². The number of ketones is 1. The maximum absolute atomic E-state index is 11.7. The zero-order valence-electron chi connectivity index (χ0n) is 12.3. The molecule has 0 unspecified atom stereocenters. The molecule has 0 heterocycles. The van der Waals surface area contributed by atoms with E-state index in [0.29, 0.717) is 17.9 Å². The van der Waals surface area contributed by atoms with Crippen LogP contribution in [0, 0.1) is 0 Å². The minimum atomic E-state index is -0.790. The fraction of sp³-hybridized carbons (Fsp3) is 0.467. The molecule has 0 spiro atoms. The molecule has 110 valence electrons. The Bertz CT molecular complexity index is 479. The summed E-state index contributed by atoms with van der Waals surface area (Å²) in [5, 5.41) is 0. The van der Waals surface area contributed by atoms with Gasteiger partial charge in [0.25, 0.3) is 0 Å². The van der Waals surface area contributed by atoms with Gasteiger partial charge in [0.15, 0.2) is 0 Å².